The molecule has 4 aromatic carbocycles. The molecule has 0 radical (unpaired) electrons. The molecule has 2 N–H and O–H groups in total. The first kappa shape index (κ1) is 29.1. The van der Waals surface area contributed by atoms with Crippen molar-refractivity contribution < 1.29 is 14.4 Å². The molecule has 3 aliphatic rings. The van der Waals surface area contributed by atoms with Gasteiger partial charge in [-0.25, -0.2) is 0 Å². The molecule has 226 valence electrons. The Morgan fingerprint density at radius 2 is 1.47 bits per heavy atom. The van der Waals surface area contributed by atoms with Gasteiger partial charge in [-0.05, 0) is 40.3 Å². The lowest BCUT2D eigenvalue weighted by Gasteiger charge is -2.57. The van der Waals surface area contributed by atoms with Gasteiger partial charge >= 0.3 is 0 Å². The van der Waals surface area contributed by atoms with Crippen LogP contribution >= 0.6 is 0 Å². The molecule has 5 nitrogen and oxygen atoms in total. The summed E-state index contributed by atoms with van der Waals surface area (Å²) in [5.74, 6) is 0.730. The highest BCUT2D eigenvalue weighted by Crippen LogP contribution is 2.47. The average molecular weight is 595 g/mol. The molecular weight excluding hydrogens is 554 g/mol. The van der Waals surface area contributed by atoms with Crippen LogP contribution in [0.2, 0.25) is 0 Å². The van der Waals surface area contributed by atoms with Crippen molar-refractivity contribution in [3.63, 3.8) is 0 Å². The number of amides is 1. The van der Waals surface area contributed by atoms with Crippen molar-refractivity contribution in [1.82, 2.24) is 10.3 Å². The van der Waals surface area contributed by atoms with Crippen molar-refractivity contribution in [2.24, 2.45) is 11.8 Å². The number of para-hydroxylation sites is 1. The van der Waals surface area contributed by atoms with Crippen molar-refractivity contribution in [2.75, 3.05) is 19.6 Å². The van der Waals surface area contributed by atoms with Gasteiger partial charge in [-0.15, -0.1) is 6.58 Å². The van der Waals surface area contributed by atoms with Gasteiger partial charge < -0.3 is 14.9 Å². The minimum Gasteiger partial charge on any atom is -0.382 e. The van der Waals surface area contributed by atoms with Crippen LogP contribution in [0.3, 0.4) is 0 Å². The standard InChI is InChI=1S/C40H39N3O2/c1-2-29-27-43(25-23-30(29)26-37(43)39(45)35-22-24-41-36-21-13-12-20-34(35)36)28-38(44)42-40(31-14-6-3-7-15-31,32-16-8-4-9-17-32)33-18-10-5-11-19-33/h2-22,24,29-30,37,39,45H,1,23,25-28H2/p+1/t29?,30?,37?,39?,43-/m0/s1. The van der Waals surface area contributed by atoms with Crippen LogP contribution in [0.4, 0.5) is 0 Å². The lowest BCUT2D eigenvalue weighted by molar-refractivity contribution is -0.966. The van der Waals surface area contributed by atoms with E-state index in [2.05, 4.69) is 59.4 Å². The highest BCUT2D eigenvalue weighted by atomic mass is 16.3. The summed E-state index contributed by atoms with van der Waals surface area (Å²) in [6.45, 7) is 6.10. The summed E-state index contributed by atoms with van der Waals surface area (Å²) in [5.41, 5.74) is 3.86. The molecule has 5 aromatic rings. The molecule has 3 saturated heterocycles. The van der Waals surface area contributed by atoms with Gasteiger partial charge in [-0.3, -0.25) is 9.78 Å². The van der Waals surface area contributed by atoms with Crippen LogP contribution in [-0.2, 0) is 10.3 Å². The molecule has 0 spiro atoms. The number of piperidine rings is 3. The van der Waals surface area contributed by atoms with Crippen LogP contribution in [0.5, 0.6) is 0 Å². The SMILES string of the molecule is C=CC1C[N@+]2(CC(=O)NC(c3ccccc3)(c3ccccc3)c3ccccc3)CCC1CC2C(O)c1ccnc2ccccc12. The van der Waals surface area contributed by atoms with E-state index in [0.717, 1.165) is 59.1 Å². The van der Waals surface area contributed by atoms with Crippen LogP contribution in [0.25, 0.3) is 10.9 Å². The lowest BCUT2D eigenvalue weighted by Crippen LogP contribution is -2.70. The van der Waals surface area contributed by atoms with Gasteiger partial charge in [0, 0.05) is 30.3 Å². The summed E-state index contributed by atoms with van der Waals surface area (Å²) < 4.78 is 0.533. The van der Waals surface area contributed by atoms with E-state index in [0.29, 0.717) is 16.3 Å². The second kappa shape index (κ2) is 12.1. The number of aliphatic hydroxyl groups is 1. The predicted molar refractivity (Wildman–Crippen MR) is 179 cm³/mol. The monoisotopic (exact) mass is 594 g/mol. The van der Waals surface area contributed by atoms with E-state index in [1.165, 1.54) is 0 Å². The Morgan fingerprint density at radius 3 is 2.07 bits per heavy atom. The quantitative estimate of drug-likeness (QED) is 0.112. The highest BCUT2D eigenvalue weighted by Gasteiger charge is 2.55. The predicted octanol–water partition coefficient (Wildman–Crippen LogP) is 6.79. The summed E-state index contributed by atoms with van der Waals surface area (Å²) in [4.78, 5) is 19.2. The number of aliphatic hydroxyl groups excluding tert-OH is 1. The number of carbonyl (C=O) groups is 1. The lowest BCUT2D eigenvalue weighted by atomic mass is 9.71. The summed E-state index contributed by atoms with van der Waals surface area (Å²) in [6.07, 6.45) is 5.01. The zero-order valence-corrected chi connectivity index (χ0v) is 25.5. The average Bonchev–Trinajstić information content (AvgIpc) is 3.11. The molecule has 3 aliphatic heterocycles. The van der Waals surface area contributed by atoms with Gasteiger partial charge in [0.05, 0.1) is 18.6 Å². The molecule has 4 unspecified atom stereocenters. The Morgan fingerprint density at radius 1 is 0.889 bits per heavy atom. The Kier molecular flexibility index (Phi) is 7.82. The van der Waals surface area contributed by atoms with E-state index >= 15 is 0 Å². The second-order valence-corrected chi connectivity index (χ2v) is 12.8. The third-order valence-electron chi connectivity index (χ3n) is 10.4. The zero-order chi connectivity index (χ0) is 30.9. The number of hydrogen-bond donors (Lipinski definition) is 2. The smallest absolute Gasteiger partial charge is 0.276 e. The Balaban J connectivity index is 1.29. The molecular formula is C40H40N3O2+. The second-order valence-electron chi connectivity index (χ2n) is 12.8. The highest BCUT2D eigenvalue weighted by molar-refractivity contribution is 5.82. The van der Waals surface area contributed by atoms with Gasteiger partial charge in [0.15, 0.2) is 6.54 Å². The van der Waals surface area contributed by atoms with E-state index in [4.69, 9.17) is 0 Å². The van der Waals surface area contributed by atoms with E-state index in [1.807, 2.05) is 84.9 Å². The van der Waals surface area contributed by atoms with Crippen molar-refractivity contribution in [1.29, 1.82) is 0 Å². The van der Waals surface area contributed by atoms with Crippen LogP contribution in [0.15, 0.2) is 140 Å². The fourth-order valence-electron chi connectivity index (χ4n) is 8.28. The number of fused-ring (bicyclic) bond motifs is 4. The van der Waals surface area contributed by atoms with Crippen LogP contribution in [0, 0.1) is 11.8 Å². The first-order valence-electron chi connectivity index (χ1n) is 16.0. The van der Waals surface area contributed by atoms with Gasteiger partial charge in [-0.1, -0.05) is 115 Å². The van der Waals surface area contributed by atoms with Crippen LogP contribution in [0.1, 0.15) is 41.2 Å². The molecule has 5 atom stereocenters. The number of pyridine rings is 1. The first-order chi connectivity index (χ1) is 22.0. The summed E-state index contributed by atoms with van der Waals surface area (Å²) in [7, 11) is 0. The minimum absolute atomic E-state index is 0.0356. The topological polar surface area (TPSA) is 62.2 Å². The maximum absolute atomic E-state index is 14.7. The molecule has 8 rings (SSSR count). The number of hydrogen-bond acceptors (Lipinski definition) is 3. The largest absolute Gasteiger partial charge is 0.382 e. The zero-order valence-electron chi connectivity index (χ0n) is 25.5. The molecule has 4 heterocycles. The molecule has 3 fully saturated rings. The molecule has 1 amide bonds. The number of rotatable bonds is 9. The Bertz CT molecular complexity index is 1690. The first-order valence-corrected chi connectivity index (χ1v) is 16.0. The van der Waals surface area contributed by atoms with E-state index < -0.39 is 11.6 Å². The van der Waals surface area contributed by atoms with Gasteiger partial charge in [0.2, 0.25) is 0 Å². The van der Waals surface area contributed by atoms with Crippen LogP contribution in [-0.4, -0.2) is 46.2 Å². The third-order valence-corrected chi connectivity index (χ3v) is 10.4. The molecule has 45 heavy (non-hydrogen) atoms. The third kappa shape index (κ3) is 5.16. The Hall–Kier alpha value is -4.58. The van der Waals surface area contributed by atoms with Gasteiger partial charge in [0.1, 0.15) is 17.7 Å². The van der Waals surface area contributed by atoms with Crippen molar-refractivity contribution in [3.05, 3.63) is 162 Å². The molecule has 5 heteroatoms. The number of benzene rings is 4. The van der Waals surface area contributed by atoms with Crippen LogP contribution < -0.4 is 5.32 Å². The van der Waals surface area contributed by atoms with Gasteiger partial charge in [0.25, 0.3) is 5.91 Å². The summed E-state index contributed by atoms with van der Waals surface area (Å²) >= 11 is 0. The fourth-order valence-corrected chi connectivity index (χ4v) is 8.28. The molecule has 2 bridgehead atoms. The van der Waals surface area contributed by atoms with E-state index in [9.17, 15) is 9.90 Å². The van der Waals surface area contributed by atoms with Gasteiger partial charge in [-0.2, -0.15) is 0 Å². The molecule has 0 saturated carbocycles. The van der Waals surface area contributed by atoms with E-state index in [1.54, 1.807) is 6.20 Å². The van der Waals surface area contributed by atoms with Crippen molar-refractivity contribution in [3.8, 4) is 0 Å². The number of carbonyl (C=O) groups excluding carboxylic acids is 1. The maximum Gasteiger partial charge on any atom is 0.276 e. The molecule has 1 aromatic heterocycles. The van der Waals surface area contributed by atoms with E-state index in [-0.39, 0.29) is 18.5 Å². The number of nitrogens with one attached hydrogen (secondary N) is 1. The maximum atomic E-state index is 14.7. The number of nitrogens with zero attached hydrogens (tertiary/aromatic N) is 2. The van der Waals surface area contributed by atoms with Crippen molar-refractivity contribution >= 4 is 16.8 Å². The summed E-state index contributed by atoms with van der Waals surface area (Å²) in [5, 5.41) is 16.7. The minimum atomic E-state index is -0.888. The fraction of sp³-hybridized carbons (Fsp3) is 0.250. The Labute approximate surface area is 265 Å². The summed E-state index contributed by atoms with van der Waals surface area (Å²) in [6, 6.07) is 40.6. The normalized spacial score (nSPS) is 23.4. The number of aromatic nitrogens is 1. The molecule has 0 aliphatic carbocycles. The number of quaternary nitrogens is 1. The van der Waals surface area contributed by atoms with Crippen molar-refractivity contribution in [2.45, 2.75) is 30.5 Å².